The number of benzene rings is 2. The summed E-state index contributed by atoms with van der Waals surface area (Å²) in [4.78, 5) is 33.0. The van der Waals surface area contributed by atoms with E-state index in [4.69, 9.17) is 9.72 Å². The average molecular weight is 457 g/mol. The molecule has 0 saturated heterocycles. The van der Waals surface area contributed by atoms with Gasteiger partial charge in [-0.05, 0) is 59.8 Å². The van der Waals surface area contributed by atoms with E-state index in [-0.39, 0.29) is 17.9 Å². The summed E-state index contributed by atoms with van der Waals surface area (Å²) in [7, 11) is 0. The first-order valence-corrected chi connectivity index (χ1v) is 12.2. The molecule has 1 aromatic heterocycles. The largest absolute Gasteiger partial charge is 0.452 e. The van der Waals surface area contributed by atoms with Gasteiger partial charge in [0.1, 0.15) is 0 Å². The fourth-order valence-electron chi connectivity index (χ4n) is 5.36. The van der Waals surface area contributed by atoms with Gasteiger partial charge in [-0.3, -0.25) is 9.78 Å². The van der Waals surface area contributed by atoms with Crippen molar-refractivity contribution in [3.8, 4) is 0 Å². The lowest BCUT2D eigenvalue weighted by molar-refractivity contribution is -0.135. The van der Waals surface area contributed by atoms with Crippen molar-refractivity contribution >= 4 is 22.8 Å². The average Bonchev–Trinajstić information content (AvgIpc) is 2.84. The molecular formula is C29H32N2O3. The maximum absolute atomic E-state index is 13.5. The van der Waals surface area contributed by atoms with Crippen LogP contribution in [0.25, 0.3) is 10.9 Å². The number of ether oxygens (including phenoxy) is 1. The van der Waals surface area contributed by atoms with Crippen LogP contribution in [0.5, 0.6) is 0 Å². The van der Waals surface area contributed by atoms with Gasteiger partial charge in [-0.1, -0.05) is 63.2 Å². The Morgan fingerprint density at radius 1 is 1.03 bits per heavy atom. The highest BCUT2D eigenvalue weighted by Gasteiger charge is 2.33. The minimum Gasteiger partial charge on any atom is -0.452 e. The molecule has 0 spiro atoms. The number of carbonyl (C=O) groups is 2. The van der Waals surface area contributed by atoms with Crippen molar-refractivity contribution in [2.24, 2.45) is 11.3 Å². The van der Waals surface area contributed by atoms with Gasteiger partial charge in [-0.2, -0.15) is 0 Å². The number of nitrogens with zero attached hydrogens (tertiary/aromatic N) is 2. The second kappa shape index (κ2) is 8.86. The van der Waals surface area contributed by atoms with Gasteiger partial charge in [0.25, 0.3) is 5.91 Å². The Hall–Kier alpha value is -3.21. The highest BCUT2D eigenvalue weighted by Crippen LogP contribution is 2.39. The molecule has 0 N–H and O–H groups in total. The third-order valence-corrected chi connectivity index (χ3v) is 7.50. The van der Waals surface area contributed by atoms with Crippen molar-refractivity contribution in [3.63, 3.8) is 0 Å². The summed E-state index contributed by atoms with van der Waals surface area (Å²) in [6.45, 7) is 7.73. The number of pyridine rings is 1. The minimum absolute atomic E-state index is 0.144. The maximum atomic E-state index is 13.5. The predicted molar refractivity (Wildman–Crippen MR) is 133 cm³/mol. The van der Waals surface area contributed by atoms with Crippen LogP contribution in [0.3, 0.4) is 0 Å². The molecule has 2 aromatic carbocycles. The Morgan fingerprint density at radius 3 is 2.56 bits per heavy atom. The zero-order chi connectivity index (χ0) is 23.9. The molecular weight excluding hydrogens is 424 g/mol. The molecule has 1 unspecified atom stereocenters. The lowest BCUT2D eigenvalue weighted by Gasteiger charge is -2.35. The first-order chi connectivity index (χ1) is 16.3. The van der Waals surface area contributed by atoms with Gasteiger partial charge in [0, 0.05) is 24.2 Å². The Bertz CT molecular complexity index is 1260. The summed E-state index contributed by atoms with van der Waals surface area (Å²) in [5.41, 5.74) is 5.97. The molecule has 3 aromatic rings. The van der Waals surface area contributed by atoms with Crippen LogP contribution in [0.1, 0.15) is 59.9 Å². The van der Waals surface area contributed by atoms with Crippen LogP contribution in [0.15, 0.2) is 48.5 Å². The smallest absolute Gasteiger partial charge is 0.339 e. The van der Waals surface area contributed by atoms with E-state index in [1.807, 2.05) is 36.4 Å². The summed E-state index contributed by atoms with van der Waals surface area (Å²) in [5.74, 6) is -0.109. The van der Waals surface area contributed by atoms with Crippen molar-refractivity contribution in [1.29, 1.82) is 0 Å². The molecule has 1 amide bonds. The van der Waals surface area contributed by atoms with Crippen molar-refractivity contribution < 1.29 is 14.3 Å². The van der Waals surface area contributed by atoms with Crippen LogP contribution in [0.4, 0.5) is 0 Å². The molecule has 0 bridgehead atoms. The van der Waals surface area contributed by atoms with E-state index >= 15 is 0 Å². The van der Waals surface area contributed by atoms with E-state index < -0.39 is 5.97 Å². The number of aromatic nitrogens is 1. The molecule has 0 fully saturated rings. The molecule has 0 radical (unpaired) electrons. The van der Waals surface area contributed by atoms with Gasteiger partial charge in [0.15, 0.2) is 6.61 Å². The van der Waals surface area contributed by atoms with Crippen LogP contribution in [0, 0.1) is 11.3 Å². The third-order valence-electron chi connectivity index (χ3n) is 7.50. The first kappa shape index (κ1) is 22.6. The Morgan fingerprint density at radius 2 is 1.76 bits per heavy atom. The molecule has 2 aliphatic rings. The van der Waals surface area contributed by atoms with E-state index in [2.05, 4.69) is 32.9 Å². The van der Waals surface area contributed by atoms with Gasteiger partial charge < -0.3 is 9.64 Å². The molecule has 5 rings (SSSR count). The van der Waals surface area contributed by atoms with Crippen molar-refractivity contribution in [2.75, 3.05) is 13.2 Å². The monoisotopic (exact) mass is 456 g/mol. The zero-order valence-electron chi connectivity index (χ0n) is 20.3. The van der Waals surface area contributed by atoms with E-state index in [0.717, 1.165) is 53.4 Å². The summed E-state index contributed by atoms with van der Waals surface area (Å²) >= 11 is 0. The van der Waals surface area contributed by atoms with Gasteiger partial charge in [0.2, 0.25) is 0 Å². The molecule has 1 aliphatic heterocycles. The number of rotatable bonds is 3. The highest BCUT2D eigenvalue weighted by atomic mass is 16.5. The standard InChI is InChI=1S/C29H32N2O3/c1-29(2,3)21-12-13-25-23(16-21)27(22-10-6-7-11-24(22)30-25)28(33)34-18-26(32)31-15-14-19-8-4-5-9-20(19)17-31/h4-11,21H,12-18H2,1-3H3. The summed E-state index contributed by atoms with van der Waals surface area (Å²) in [6.07, 6.45) is 3.55. The summed E-state index contributed by atoms with van der Waals surface area (Å²) in [6, 6.07) is 15.9. The van der Waals surface area contributed by atoms with Crippen LogP contribution in [0.2, 0.25) is 0 Å². The number of para-hydroxylation sites is 1. The Labute approximate surface area is 201 Å². The molecule has 176 valence electrons. The van der Waals surface area contributed by atoms with Crippen molar-refractivity contribution in [3.05, 3.63) is 76.5 Å². The van der Waals surface area contributed by atoms with Crippen molar-refractivity contribution in [2.45, 2.75) is 53.0 Å². The number of amides is 1. The second-order valence-corrected chi connectivity index (χ2v) is 10.6. The number of hydrogen-bond donors (Lipinski definition) is 0. The number of hydrogen-bond acceptors (Lipinski definition) is 4. The molecule has 5 heteroatoms. The van der Waals surface area contributed by atoms with Crippen LogP contribution >= 0.6 is 0 Å². The molecule has 2 heterocycles. The summed E-state index contributed by atoms with van der Waals surface area (Å²) in [5, 5.41) is 0.806. The van der Waals surface area contributed by atoms with E-state index in [0.29, 0.717) is 24.6 Å². The topological polar surface area (TPSA) is 59.5 Å². The zero-order valence-corrected chi connectivity index (χ0v) is 20.3. The number of fused-ring (bicyclic) bond motifs is 3. The lowest BCUT2D eigenvalue weighted by Crippen LogP contribution is -2.38. The number of carbonyl (C=O) groups excluding carboxylic acids is 2. The second-order valence-electron chi connectivity index (χ2n) is 10.6. The quantitative estimate of drug-likeness (QED) is 0.513. The minimum atomic E-state index is -0.421. The molecule has 1 atom stereocenters. The summed E-state index contributed by atoms with van der Waals surface area (Å²) < 4.78 is 5.67. The van der Waals surface area contributed by atoms with Gasteiger partial charge >= 0.3 is 5.97 Å². The van der Waals surface area contributed by atoms with E-state index in [1.165, 1.54) is 5.56 Å². The molecule has 0 saturated carbocycles. The van der Waals surface area contributed by atoms with Crippen molar-refractivity contribution in [1.82, 2.24) is 9.88 Å². The fraction of sp³-hybridized carbons (Fsp3) is 0.414. The molecule has 5 nitrogen and oxygen atoms in total. The van der Waals surface area contributed by atoms with E-state index in [1.54, 1.807) is 4.90 Å². The SMILES string of the molecule is CC(C)(C)C1CCc2nc3ccccc3c(C(=O)OCC(=O)N3CCc4ccccc4C3)c2C1. The van der Waals surface area contributed by atoms with Crippen LogP contribution in [-0.2, 0) is 35.3 Å². The fourth-order valence-corrected chi connectivity index (χ4v) is 5.36. The first-order valence-electron chi connectivity index (χ1n) is 12.2. The molecule has 34 heavy (non-hydrogen) atoms. The normalized spacial score (nSPS) is 17.7. The molecule has 1 aliphatic carbocycles. The van der Waals surface area contributed by atoms with Crippen LogP contribution in [-0.4, -0.2) is 34.9 Å². The van der Waals surface area contributed by atoms with E-state index in [9.17, 15) is 9.59 Å². The Balaban J connectivity index is 1.38. The van der Waals surface area contributed by atoms with Crippen LogP contribution < -0.4 is 0 Å². The van der Waals surface area contributed by atoms with Gasteiger partial charge in [0.05, 0.1) is 11.1 Å². The van der Waals surface area contributed by atoms with Gasteiger partial charge in [-0.25, -0.2) is 4.79 Å². The number of esters is 1. The Kier molecular flexibility index (Phi) is 5.88. The maximum Gasteiger partial charge on any atom is 0.339 e. The lowest BCUT2D eigenvalue weighted by atomic mass is 9.70. The highest BCUT2D eigenvalue weighted by molar-refractivity contribution is 6.05. The number of aryl methyl sites for hydroxylation is 1. The van der Waals surface area contributed by atoms with Gasteiger partial charge in [-0.15, -0.1) is 0 Å². The third kappa shape index (κ3) is 4.31. The predicted octanol–water partition coefficient (Wildman–Crippen LogP) is 5.13.